The number of hydrogen-bond acceptors (Lipinski definition) is 7. The topological polar surface area (TPSA) is 131 Å². The highest BCUT2D eigenvalue weighted by atomic mass is 32.2. The van der Waals surface area contributed by atoms with Crippen LogP contribution < -0.4 is 5.73 Å². The Hall–Kier alpha value is -3.74. The summed E-state index contributed by atoms with van der Waals surface area (Å²) in [4.78, 5) is 31.3. The van der Waals surface area contributed by atoms with Crippen LogP contribution in [-0.2, 0) is 19.6 Å². The zero-order chi connectivity index (χ0) is 27.7. The molecule has 0 spiro atoms. The minimum Gasteiger partial charge on any atom is -0.369 e. The Morgan fingerprint density at radius 3 is 2.49 bits per heavy atom. The predicted octanol–water partition coefficient (Wildman–Crippen LogP) is 2.96. The molecule has 0 bridgehead atoms. The molecule has 0 atom stereocenters. The first-order chi connectivity index (χ1) is 18.6. The Morgan fingerprint density at radius 1 is 1.10 bits per heavy atom. The van der Waals surface area contributed by atoms with Crippen LogP contribution >= 0.6 is 11.8 Å². The maximum absolute atomic E-state index is 12.9. The first kappa shape index (κ1) is 26.9. The number of likely N-dealkylation sites (tertiary alicyclic amines) is 1. The number of nitrogens with zero attached hydrogens (tertiary/aromatic N) is 5. The standard InChI is InChI=1S/C27H28N6O4S2/c1-31(2)39(36,37)22-10-6-7-19(15-22)24-20(17-33(30-24)21-8-4-3-5-9-21)16-23-26(35)29-27(38-23)32-13-11-18(12-14-32)25(28)34/h3-10,15-18H,11-14H2,1-2H3,(H2,28,34)/b23-16-. The molecule has 0 unspecified atom stereocenters. The van der Waals surface area contributed by atoms with Crippen molar-refractivity contribution >= 4 is 44.8 Å². The number of carbonyl (C=O) groups is 2. The lowest BCUT2D eigenvalue weighted by Gasteiger charge is -2.31. The number of piperidine rings is 1. The van der Waals surface area contributed by atoms with Gasteiger partial charge in [-0.2, -0.15) is 10.1 Å². The third-order valence-electron chi connectivity index (χ3n) is 6.71. The van der Waals surface area contributed by atoms with Gasteiger partial charge < -0.3 is 10.6 Å². The Morgan fingerprint density at radius 2 is 1.82 bits per heavy atom. The molecule has 1 fully saturated rings. The maximum atomic E-state index is 12.9. The molecule has 10 nitrogen and oxygen atoms in total. The molecule has 0 radical (unpaired) electrons. The van der Waals surface area contributed by atoms with E-state index in [4.69, 9.17) is 10.8 Å². The first-order valence-electron chi connectivity index (χ1n) is 12.4. The Balaban J connectivity index is 1.49. The van der Waals surface area contributed by atoms with Crippen molar-refractivity contribution in [1.82, 2.24) is 19.0 Å². The molecule has 0 aliphatic carbocycles. The number of hydrogen-bond donors (Lipinski definition) is 1. The lowest BCUT2D eigenvalue weighted by molar-refractivity contribution is -0.123. The highest BCUT2D eigenvalue weighted by Gasteiger charge is 2.31. The second-order valence-corrected chi connectivity index (χ2v) is 12.7. The van der Waals surface area contributed by atoms with Crippen molar-refractivity contribution < 1.29 is 18.0 Å². The van der Waals surface area contributed by atoms with Crippen molar-refractivity contribution in [3.63, 3.8) is 0 Å². The maximum Gasteiger partial charge on any atom is 0.286 e. The molecule has 1 saturated heterocycles. The molecule has 1 aromatic heterocycles. The molecule has 12 heteroatoms. The minimum atomic E-state index is -3.65. The summed E-state index contributed by atoms with van der Waals surface area (Å²) in [5, 5.41) is 5.37. The molecule has 2 N–H and O–H groups in total. The van der Waals surface area contributed by atoms with Crippen LogP contribution in [0.15, 0.2) is 75.6 Å². The number of primary amides is 1. The van der Waals surface area contributed by atoms with E-state index in [-0.39, 0.29) is 22.6 Å². The van der Waals surface area contributed by atoms with E-state index in [1.54, 1.807) is 35.0 Å². The molecule has 39 heavy (non-hydrogen) atoms. The van der Waals surface area contributed by atoms with Crippen LogP contribution in [0.1, 0.15) is 18.4 Å². The Labute approximate surface area is 231 Å². The fraction of sp³-hybridized carbons (Fsp3) is 0.259. The molecule has 2 aliphatic heterocycles. The van der Waals surface area contributed by atoms with Crippen LogP contribution in [0.5, 0.6) is 0 Å². The number of aliphatic imine (C=N–C) groups is 1. The highest BCUT2D eigenvalue weighted by molar-refractivity contribution is 8.18. The van der Waals surface area contributed by atoms with Gasteiger partial charge in [0.25, 0.3) is 5.91 Å². The van der Waals surface area contributed by atoms with Crippen molar-refractivity contribution in [1.29, 1.82) is 0 Å². The number of amides is 2. The van der Waals surface area contributed by atoms with Gasteiger partial charge in [-0.15, -0.1) is 0 Å². The number of thioether (sulfide) groups is 1. The van der Waals surface area contributed by atoms with E-state index in [1.165, 1.54) is 25.9 Å². The van der Waals surface area contributed by atoms with E-state index in [9.17, 15) is 18.0 Å². The second-order valence-electron chi connectivity index (χ2n) is 9.50. The fourth-order valence-corrected chi connectivity index (χ4v) is 6.38. The van der Waals surface area contributed by atoms with Crippen molar-refractivity contribution in [3.8, 4) is 16.9 Å². The monoisotopic (exact) mass is 564 g/mol. The summed E-state index contributed by atoms with van der Waals surface area (Å²) >= 11 is 1.28. The van der Waals surface area contributed by atoms with Crippen LogP contribution in [0.3, 0.4) is 0 Å². The van der Waals surface area contributed by atoms with E-state index in [1.807, 2.05) is 41.4 Å². The van der Waals surface area contributed by atoms with E-state index >= 15 is 0 Å². The van der Waals surface area contributed by atoms with Gasteiger partial charge in [-0.25, -0.2) is 17.4 Å². The van der Waals surface area contributed by atoms with Gasteiger partial charge in [0.2, 0.25) is 15.9 Å². The van der Waals surface area contributed by atoms with Crippen LogP contribution in [0.2, 0.25) is 0 Å². The zero-order valence-corrected chi connectivity index (χ0v) is 23.2. The Kier molecular flexibility index (Phi) is 7.43. The largest absolute Gasteiger partial charge is 0.369 e. The van der Waals surface area contributed by atoms with Gasteiger partial charge >= 0.3 is 0 Å². The van der Waals surface area contributed by atoms with Gasteiger partial charge in [0, 0.05) is 50.4 Å². The second kappa shape index (κ2) is 10.8. The minimum absolute atomic E-state index is 0.147. The zero-order valence-electron chi connectivity index (χ0n) is 21.5. The summed E-state index contributed by atoms with van der Waals surface area (Å²) in [7, 11) is -0.684. The lowest BCUT2D eigenvalue weighted by Crippen LogP contribution is -2.40. The molecular formula is C27H28N6O4S2. The third-order valence-corrected chi connectivity index (χ3v) is 9.57. The van der Waals surface area contributed by atoms with Gasteiger partial charge in [-0.3, -0.25) is 9.59 Å². The number of sulfonamides is 1. The van der Waals surface area contributed by atoms with E-state index in [0.717, 1.165) is 9.99 Å². The molecule has 0 saturated carbocycles. The Bertz CT molecular complexity index is 1590. The van der Waals surface area contributed by atoms with Gasteiger partial charge in [-0.1, -0.05) is 30.3 Å². The number of aromatic nitrogens is 2. The van der Waals surface area contributed by atoms with Crippen molar-refractivity contribution in [2.45, 2.75) is 17.7 Å². The van der Waals surface area contributed by atoms with Gasteiger partial charge in [0.15, 0.2) is 5.17 Å². The smallest absolute Gasteiger partial charge is 0.286 e. The van der Waals surface area contributed by atoms with E-state index in [0.29, 0.717) is 52.8 Å². The number of amidine groups is 1. The van der Waals surface area contributed by atoms with Gasteiger partial charge in [-0.05, 0) is 54.9 Å². The highest BCUT2D eigenvalue weighted by Crippen LogP contribution is 2.35. The molecule has 2 aliphatic rings. The molecule has 3 aromatic rings. The average Bonchev–Trinajstić information content (AvgIpc) is 3.53. The molecular weight excluding hydrogens is 536 g/mol. The van der Waals surface area contributed by atoms with Crippen LogP contribution in [0, 0.1) is 5.92 Å². The van der Waals surface area contributed by atoms with Crippen LogP contribution in [0.25, 0.3) is 23.0 Å². The van der Waals surface area contributed by atoms with Crippen molar-refractivity contribution in [2.75, 3.05) is 27.2 Å². The van der Waals surface area contributed by atoms with Gasteiger partial charge in [0.1, 0.15) is 5.69 Å². The van der Waals surface area contributed by atoms with E-state index in [2.05, 4.69) is 4.99 Å². The quantitative estimate of drug-likeness (QED) is 0.456. The first-order valence-corrected chi connectivity index (χ1v) is 14.6. The number of para-hydroxylation sites is 1. The SMILES string of the molecule is CN(C)S(=O)(=O)c1cccc(-c2nn(-c3ccccc3)cc2/C=C2\SC(N3CCC(C(N)=O)CC3)=NC2=O)c1. The van der Waals surface area contributed by atoms with Crippen LogP contribution in [0.4, 0.5) is 0 Å². The van der Waals surface area contributed by atoms with Crippen LogP contribution in [-0.4, -0.2) is 71.6 Å². The molecule has 3 heterocycles. The summed E-state index contributed by atoms with van der Waals surface area (Å²) in [5.74, 6) is -0.801. The van der Waals surface area contributed by atoms with Gasteiger partial charge in [0.05, 0.1) is 15.5 Å². The number of benzene rings is 2. The summed E-state index contributed by atoms with van der Waals surface area (Å²) < 4.78 is 28.4. The number of rotatable bonds is 6. The molecule has 5 rings (SSSR count). The predicted molar refractivity (Wildman–Crippen MR) is 151 cm³/mol. The van der Waals surface area contributed by atoms with Crippen molar-refractivity contribution in [2.24, 2.45) is 16.6 Å². The average molecular weight is 565 g/mol. The van der Waals surface area contributed by atoms with E-state index < -0.39 is 10.0 Å². The summed E-state index contributed by atoms with van der Waals surface area (Å²) in [6, 6.07) is 16.1. The van der Waals surface area contributed by atoms with Crippen molar-refractivity contribution in [3.05, 3.63) is 71.3 Å². The molecule has 2 aromatic carbocycles. The molecule has 202 valence electrons. The third kappa shape index (κ3) is 5.54. The molecule has 2 amide bonds. The lowest BCUT2D eigenvalue weighted by atomic mass is 9.97. The fourth-order valence-electron chi connectivity index (χ4n) is 4.47. The number of nitrogens with two attached hydrogens (primary N) is 1. The normalized spacial score (nSPS) is 17.7. The number of carbonyl (C=O) groups excluding carboxylic acids is 2. The summed E-state index contributed by atoms with van der Waals surface area (Å²) in [6.45, 7) is 1.20. The summed E-state index contributed by atoms with van der Waals surface area (Å²) in [5.41, 5.74) is 8.06. The summed E-state index contributed by atoms with van der Waals surface area (Å²) in [6.07, 6.45) is 4.81.